The molecule has 0 aliphatic carbocycles. The molecule has 0 unspecified atom stereocenters. The number of ketones is 1. The zero-order valence-electron chi connectivity index (χ0n) is 10.8. The van der Waals surface area contributed by atoms with Crippen molar-refractivity contribution in [1.29, 1.82) is 0 Å². The summed E-state index contributed by atoms with van der Waals surface area (Å²) in [4.78, 5) is 22.2. The van der Waals surface area contributed by atoms with E-state index in [2.05, 4.69) is 0 Å². The van der Waals surface area contributed by atoms with E-state index in [1.54, 1.807) is 10.8 Å². The first-order valence-corrected chi connectivity index (χ1v) is 6.08. The highest BCUT2D eigenvalue weighted by Crippen LogP contribution is 2.10. The summed E-state index contributed by atoms with van der Waals surface area (Å²) in [5, 5.41) is 9.04. The lowest BCUT2D eigenvalue weighted by atomic mass is 10.2. The van der Waals surface area contributed by atoms with Crippen LogP contribution in [0.25, 0.3) is 0 Å². The molecule has 0 amide bonds. The molecular formula is C13H19NO4. The Labute approximate surface area is 106 Å². The highest BCUT2D eigenvalue weighted by Gasteiger charge is 2.14. The van der Waals surface area contributed by atoms with Crippen LogP contribution in [0.1, 0.15) is 47.5 Å². The van der Waals surface area contributed by atoms with Gasteiger partial charge in [-0.25, -0.2) is 4.79 Å². The largest absolute Gasteiger partial charge is 0.477 e. The highest BCUT2D eigenvalue weighted by atomic mass is 16.5. The first kappa shape index (κ1) is 14.4. The first-order chi connectivity index (χ1) is 8.56. The van der Waals surface area contributed by atoms with Gasteiger partial charge in [0.05, 0.1) is 0 Å². The molecule has 0 spiro atoms. The average molecular weight is 253 g/mol. The topological polar surface area (TPSA) is 68.5 Å². The Balaban J connectivity index is 2.63. The Morgan fingerprint density at radius 3 is 2.67 bits per heavy atom. The molecule has 0 aliphatic rings. The zero-order chi connectivity index (χ0) is 13.5. The molecule has 0 atom stereocenters. The number of aromatic carboxylic acids is 1. The van der Waals surface area contributed by atoms with Crippen LogP contribution in [0.2, 0.25) is 0 Å². The number of rotatable bonds is 8. The van der Waals surface area contributed by atoms with Crippen LogP contribution in [0, 0.1) is 0 Å². The minimum absolute atomic E-state index is 0.126. The molecule has 0 saturated heterocycles. The number of carboxylic acids is 1. The summed E-state index contributed by atoms with van der Waals surface area (Å²) in [6.45, 7) is 5.32. The van der Waals surface area contributed by atoms with Crippen molar-refractivity contribution in [1.82, 2.24) is 4.57 Å². The average Bonchev–Trinajstić information content (AvgIpc) is 2.73. The van der Waals surface area contributed by atoms with Crippen LogP contribution >= 0.6 is 0 Å². The third-order valence-electron chi connectivity index (χ3n) is 2.56. The van der Waals surface area contributed by atoms with Gasteiger partial charge in [0.1, 0.15) is 5.69 Å². The van der Waals surface area contributed by atoms with E-state index in [0.717, 1.165) is 19.4 Å². The molecule has 1 N–H and O–H groups in total. The number of ether oxygens (including phenoxy) is 1. The van der Waals surface area contributed by atoms with E-state index in [1.807, 2.05) is 6.92 Å². The number of nitrogens with zero attached hydrogens (tertiary/aromatic N) is 1. The van der Waals surface area contributed by atoms with E-state index in [0.29, 0.717) is 18.7 Å². The minimum Gasteiger partial charge on any atom is -0.477 e. The number of carboxylic acid groups (broad SMARTS) is 1. The van der Waals surface area contributed by atoms with Gasteiger partial charge in [0.15, 0.2) is 5.78 Å². The predicted octanol–water partition coefficient (Wildman–Crippen LogP) is 2.21. The second kappa shape index (κ2) is 6.96. The van der Waals surface area contributed by atoms with Gasteiger partial charge >= 0.3 is 5.97 Å². The van der Waals surface area contributed by atoms with E-state index in [-0.39, 0.29) is 11.5 Å². The fourth-order valence-electron chi connectivity index (χ4n) is 1.65. The van der Waals surface area contributed by atoms with Crippen molar-refractivity contribution >= 4 is 11.8 Å². The molecule has 100 valence electrons. The van der Waals surface area contributed by atoms with Gasteiger partial charge in [-0.3, -0.25) is 4.79 Å². The second-order valence-corrected chi connectivity index (χ2v) is 4.13. The smallest absolute Gasteiger partial charge is 0.352 e. The third-order valence-corrected chi connectivity index (χ3v) is 2.56. The zero-order valence-corrected chi connectivity index (χ0v) is 10.8. The maximum atomic E-state index is 11.2. The summed E-state index contributed by atoms with van der Waals surface area (Å²) in [6.07, 6.45) is 3.29. The highest BCUT2D eigenvalue weighted by molar-refractivity contribution is 5.97. The summed E-state index contributed by atoms with van der Waals surface area (Å²) in [7, 11) is 0. The Kier molecular flexibility index (Phi) is 5.58. The van der Waals surface area contributed by atoms with Gasteiger partial charge in [0.25, 0.3) is 0 Å². The standard InChI is InChI=1S/C13H19NO4/c1-3-6-18-7-4-5-14-9-11(10(2)15)8-12(14)13(16)17/h8-9H,3-7H2,1-2H3,(H,16,17). The normalized spacial score (nSPS) is 10.6. The van der Waals surface area contributed by atoms with E-state index in [4.69, 9.17) is 9.84 Å². The molecule has 0 aliphatic heterocycles. The molecule has 1 heterocycles. The molecule has 1 rings (SSSR count). The van der Waals surface area contributed by atoms with Crippen LogP contribution < -0.4 is 0 Å². The van der Waals surface area contributed by atoms with Gasteiger partial charge in [-0.1, -0.05) is 6.92 Å². The van der Waals surface area contributed by atoms with Gasteiger partial charge < -0.3 is 14.4 Å². The van der Waals surface area contributed by atoms with E-state index in [9.17, 15) is 9.59 Å². The fourth-order valence-corrected chi connectivity index (χ4v) is 1.65. The summed E-state index contributed by atoms with van der Waals surface area (Å²) in [5.74, 6) is -1.14. The molecule has 0 saturated carbocycles. The minimum atomic E-state index is -1.02. The molecule has 0 fully saturated rings. The SMILES string of the molecule is CCCOCCCn1cc(C(C)=O)cc1C(=O)O. The van der Waals surface area contributed by atoms with Gasteiger partial charge in [0.2, 0.25) is 0 Å². The fraction of sp³-hybridized carbons (Fsp3) is 0.538. The van der Waals surface area contributed by atoms with Crippen LogP contribution in [0.3, 0.4) is 0 Å². The first-order valence-electron chi connectivity index (χ1n) is 6.08. The van der Waals surface area contributed by atoms with Crippen molar-refractivity contribution in [3.8, 4) is 0 Å². The number of aromatic nitrogens is 1. The molecule has 5 nitrogen and oxygen atoms in total. The van der Waals surface area contributed by atoms with E-state index in [1.165, 1.54) is 13.0 Å². The van der Waals surface area contributed by atoms with Crippen molar-refractivity contribution in [3.05, 3.63) is 23.5 Å². The maximum absolute atomic E-state index is 11.2. The Bertz CT molecular complexity index is 423. The molecule has 0 aromatic carbocycles. The summed E-state index contributed by atoms with van der Waals surface area (Å²) in [5.41, 5.74) is 0.581. The Hall–Kier alpha value is -1.62. The van der Waals surface area contributed by atoms with Crippen LogP contribution in [-0.2, 0) is 11.3 Å². The Morgan fingerprint density at radius 1 is 1.39 bits per heavy atom. The molecule has 18 heavy (non-hydrogen) atoms. The van der Waals surface area contributed by atoms with Crippen LogP contribution in [0.5, 0.6) is 0 Å². The molecule has 5 heteroatoms. The molecule has 0 bridgehead atoms. The molecule has 0 radical (unpaired) electrons. The number of hydrogen-bond donors (Lipinski definition) is 1. The summed E-state index contributed by atoms with van der Waals surface area (Å²) in [6, 6.07) is 1.41. The Morgan fingerprint density at radius 2 is 2.11 bits per heavy atom. The van der Waals surface area contributed by atoms with Crippen LogP contribution in [0.4, 0.5) is 0 Å². The third kappa shape index (κ3) is 4.00. The molecule has 1 aromatic rings. The van der Waals surface area contributed by atoms with Gasteiger partial charge in [0, 0.05) is 31.5 Å². The summed E-state index contributed by atoms with van der Waals surface area (Å²) >= 11 is 0. The van der Waals surface area contributed by atoms with Crippen molar-refractivity contribution in [2.45, 2.75) is 33.2 Å². The number of carbonyl (C=O) groups excluding carboxylic acids is 1. The number of hydrogen-bond acceptors (Lipinski definition) is 3. The van der Waals surface area contributed by atoms with Crippen LogP contribution in [0.15, 0.2) is 12.3 Å². The number of Topliss-reactive ketones (excluding diaryl/α,β-unsaturated/α-hetero) is 1. The maximum Gasteiger partial charge on any atom is 0.352 e. The van der Waals surface area contributed by atoms with Crippen molar-refractivity contribution < 1.29 is 19.4 Å². The second-order valence-electron chi connectivity index (χ2n) is 4.13. The van der Waals surface area contributed by atoms with E-state index < -0.39 is 5.97 Å². The lowest BCUT2D eigenvalue weighted by Crippen LogP contribution is -2.09. The van der Waals surface area contributed by atoms with Crippen molar-refractivity contribution in [3.63, 3.8) is 0 Å². The van der Waals surface area contributed by atoms with Gasteiger partial charge in [-0.2, -0.15) is 0 Å². The van der Waals surface area contributed by atoms with E-state index >= 15 is 0 Å². The predicted molar refractivity (Wildman–Crippen MR) is 67.1 cm³/mol. The quantitative estimate of drug-likeness (QED) is 0.569. The lowest BCUT2D eigenvalue weighted by Gasteiger charge is -2.06. The van der Waals surface area contributed by atoms with Gasteiger partial charge in [-0.15, -0.1) is 0 Å². The monoisotopic (exact) mass is 253 g/mol. The number of aryl methyl sites for hydroxylation is 1. The van der Waals surface area contributed by atoms with Crippen molar-refractivity contribution in [2.24, 2.45) is 0 Å². The molecule has 1 aromatic heterocycles. The van der Waals surface area contributed by atoms with Gasteiger partial charge in [-0.05, 0) is 25.8 Å². The lowest BCUT2D eigenvalue weighted by molar-refractivity contribution is 0.0683. The van der Waals surface area contributed by atoms with Crippen LogP contribution in [-0.4, -0.2) is 34.6 Å². The van der Waals surface area contributed by atoms with Crippen molar-refractivity contribution in [2.75, 3.05) is 13.2 Å². The number of carbonyl (C=O) groups is 2. The summed E-state index contributed by atoms with van der Waals surface area (Å²) < 4.78 is 6.92. The molecular weight excluding hydrogens is 234 g/mol.